The fourth-order valence-electron chi connectivity index (χ4n) is 3.30. The molecule has 4 aromatic rings. The highest BCUT2D eigenvalue weighted by atomic mass is 35.5. The third-order valence-electron chi connectivity index (χ3n) is 4.77. The molecule has 0 radical (unpaired) electrons. The number of rotatable bonds is 6. The normalized spacial score (nSPS) is 10.6. The number of carbonyl (C=O) groups excluding carboxylic acids is 2. The number of hydrogen-bond acceptors (Lipinski definition) is 3. The summed E-state index contributed by atoms with van der Waals surface area (Å²) in [6.07, 6.45) is 1.75. The summed E-state index contributed by atoms with van der Waals surface area (Å²) in [5.41, 5.74) is 4.18. The lowest BCUT2D eigenvalue weighted by molar-refractivity contribution is -0.114. The van der Waals surface area contributed by atoms with E-state index in [1.807, 2.05) is 42.5 Å². The molecule has 4 rings (SSSR count). The second-order valence-electron chi connectivity index (χ2n) is 7.29. The van der Waals surface area contributed by atoms with Crippen LogP contribution in [-0.4, -0.2) is 21.6 Å². The second-order valence-corrected chi connectivity index (χ2v) is 7.73. The Bertz CT molecular complexity index is 1230. The van der Waals surface area contributed by atoms with Crippen LogP contribution in [-0.2, 0) is 11.3 Å². The van der Waals surface area contributed by atoms with Gasteiger partial charge in [-0.1, -0.05) is 54.1 Å². The summed E-state index contributed by atoms with van der Waals surface area (Å²) >= 11 is 6.03. The van der Waals surface area contributed by atoms with E-state index < -0.39 is 0 Å². The quantitative estimate of drug-likeness (QED) is 0.414. The molecule has 6 nitrogen and oxygen atoms in total. The maximum absolute atomic E-state index is 13.1. The van der Waals surface area contributed by atoms with Crippen molar-refractivity contribution in [1.29, 1.82) is 0 Å². The monoisotopic (exact) mass is 444 g/mol. The van der Waals surface area contributed by atoms with Gasteiger partial charge in [-0.25, -0.2) is 0 Å². The molecule has 0 aliphatic heterocycles. The van der Waals surface area contributed by atoms with E-state index in [0.717, 1.165) is 11.1 Å². The van der Waals surface area contributed by atoms with Crippen LogP contribution < -0.4 is 10.6 Å². The lowest BCUT2D eigenvalue weighted by Crippen LogP contribution is -2.12. The average molecular weight is 445 g/mol. The first-order valence-corrected chi connectivity index (χ1v) is 10.4. The molecule has 2 amide bonds. The van der Waals surface area contributed by atoms with Crippen LogP contribution in [0.2, 0.25) is 5.02 Å². The van der Waals surface area contributed by atoms with Crippen LogP contribution in [0.15, 0.2) is 85.1 Å². The zero-order valence-corrected chi connectivity index (χ0v) is 18.1. The Morgan fingerprint density at radius 2 is 1.50 bits per heavy atom. The van der Waals surface area contributed by atoms with Gasteiger partial charge < -0.3 is 10.6 Å². The van der Waals surface area contributed by atoms with Gasteiger partial charge in [0.2, 0.25) is 5.91 Å². The van der Waals surface area contributed by atoms with Gasteiger partial charge in [-0.2, -0.15) is 5.10 Å². The van der Waals surface area contributed by atoms with Crippen molar-refractivity contribution in [2.75, 3.05) is 10.6 Å². The molecule has 32 heavy (non-hydrogen) atoms. The summed E-state index contributed by atoms with van der Waals surface area (Å²) in [7, 11) is 0. The molecule has 160 valence electrons. The molecule has 3 aromatic carbocycles. The molecule has 0 atom stereocenters. The Labute approximate surface area is 190 Å². The first-order valence-electron chi connectivity index (χ1n) is 10.0. The van der Waals surface area contributed by atoms with E-state index in [1.54, 1.807) is 47.3 Å². The van der Waals surface area contributed by atoms with Crippen LogP contribution in [0.5, 0.6) is 0 Å². The van der Waals surface area contributed by atoms with Crippen LogP contribution in [0, 0.1) is 0 Å². The molecule has 0 spiro atoms. The number of amides is 2. The Balaban J connectivity index is 1.62. The Hall–Kier alpha value is -3.90. The fourth-order valence-corrected chi connectivity index (χ4v) is 3.42. The number of aromatic nitrogens is 2. The van der Waals surface area contributed by atoms with Crippen LogP contribution in [0.1, 0.15) is 22.8 Å². The summed E-state index contributed by atoms with van der Waals surface area (Å²) in [6.45, 7) is 1.99. The van der Waals surface area contributed by atoms with Crippen molar-refractivity contribution in [3.63, 3.8) is 0 Å². The molecule has 7 heteroatoms. The molecule has 2 N–H and O–H groups in total. The largest absolute Gasteiger partial charge is 0.326 e. The summed E-state index contributed by atoms with van der Waals surface area (Å²) < 4.78 is 1.76. The highest BCUT2D eigenvalue weighted by Gasteiger charge is 2.18. The van der Waals surface area contributed by atoms with Gasteiger partial charge in [-0.05, 0) is 42.0 Å². The number of hydrogen-bond donors (Lipinski definition) is 2. The average Bonchev–Trinajstić information content (AvgIpc) is 3.20. The van der Waals surface area contributed by atoms with Gasteiger partial charge in [0, 0.05) is 35.1 Å². The zero-order valence-electron chi connectivity index (χ0n) is 17.4. The molecule has 0 unspecified atom stereocenters. The van der Waals surface area contributed by atoms with Gasteiger partial charge in [-0.15, -0.1) is 0 Å². The lowest BCUT2D eigenvalue weighted by atomic mass is 10.1. The number of benzene rings is 3. The lowest BCUT2D eigenvalue weighted by Gasteiger charge is -2.07. The van der Waals surface area contributed by atoms with E-state index in [9.17, 15) is 9.59 Å². The van der Waals surface area contributed by atoms with Crippen molar-refractivity contribution in [2.24, 2.45) is 0 Å². The van der Waals surface area contributed by atoms with Gasteiger partial charge in [0.05, 0.1) is 12.1 Å². The Morgan fingerprint density at radius 1 is 0.875 bits per heavy atom. The van der Waals surface area contributed by atoms with Gasteiger partial charge in [0.15, 0.2) is 0 Å². The van der Waals surface area contributed by atoms with E-state index in [-0.39, 0.29) is 11.8 Å². The molecular weight excluding hydrogens is 424 g/mol. The van der Waals surface area contributed by atoms with Gasteiger partial charge in [0.25, 0.3) is 5.91 Å². The first-order chi connectivity index (χ1) is 15.5. The highest BCUT2D eigenvalue weighted by molar-refractivity contribution is 6.30. The summed E-state index contributed by atoms with van der Waals surface area (Å²) in [5, 5.41) is 10.9. The van der Waals surface area contributed by atoms with Crippen molar-refractivity contribution >= 4 is 34.8 Å². The smallest absolute Gasteiger partial charge is 0.259 e. The Kier molecular flexibility index (Phi) is 6.33. The van der Waals surface area contributed by atoms with Crippen molar-refractivity contribution in [1.82, 2.24) is 9.78 Å². The number of nitrogens with zero attached hydrogens (tertiary/aromatic N) is 2. The number of nitrogens with one attached hydrogen (secondary N) is 2. The molecular formula is C25H21ClN4O2. The molecule has 0 saturated heterocycles. The highest BCUT2D eigenvalue weighted by Crippen LogP contribution is 2.25. The summed E-state index contributed by atoms with van der Waals surface area (Å²) in [6, 6.07) is 24.1. The predicted molar refractivity (Wildman–Crippen MR) is 127 cm³/mol. The third kappa shape index (κ3) is 5.22. The van der Waals surface area contributed by atoms with E-state index in [4.69, 9.17) is 11.6 Å². The molecule has 0 aliphatic rings. The summed E-state index contributed by atoms with van der Waals surface area (Å²) in [5.74, 6) is -0.429. The number of anilines is 2. The van der Waals surface area contributed by atoms with Gasteiger partial charge >= 0.3 is 0 Å². The van der Waals surface area contributed by atoms with Gasteiger partial charge in [0.1, 0.15) is 5.69 Å². The number of carbonyl (C=O) groups is 2. The SMILES string of the molecule is CC(=O)Nc1ccc(NC(=O)c2cn(Cc3ccccc3)nc2-c2ccc(Cl)cc2)cc1. The molecule has 0 bridgehead atoms. The standard InChI is InChI=1S/C25H21ClN4O2/c1-17(31)27-21-11-13-22(14-12-21)28-25(32)23-16-30(15-18-5-3-2-4-6-18)29-24(23)19-7-9-20(26)10-8-19/h2-14,16H,15H2,1H3,(H,27,31)(H,28,32). The van der Waals surface area contributed by atoms with Gasteiger partial charge in [-0.3, -0.25) is 14.3 Å². The predicted octanol–water partition coefficient (Wildman–Crippen LogP) is 5.46. The topological polar surface area (TPSA) is 76.0 Å². The minimum absolute atomic E-state index is 0.153. The fraction of sp³-hybridized carbons (Fsp3) is 0.0800. The molecule has 0 fully saturated rings. The van der Waals surface area contributed by atoms with E-state index in [1.165, 1.54) is 6.92 Å². The van der Waals surface area contributed by atoms with E-state index in [0.29, 0.717) is 34.2 Å². The van der Waals surface area contributed by atoms with E-state index >= 15 is 0 Å². The maximum Gasteiger partial charge on any atom is 0.259 e. The van der Waals surface area contributed by atoms with Crippen LogP contribution in [0.3, 0.4) is 0 Å². The van der Waals surface area contributed by atoms with E-state index in [2.05, 4.69) is 15.7 Å². The van der Waals surface area contributed by atoms with Crippen LogP contribution in [0.25, 0.3) is 11.3 Å². The van der Waals surface area contributed by atoms with Crippen molar-refractivity contribution in [2.45, 2.75) is 13.5 Å². The van der Waals surface area contributed by atoms with Crippen molar-refractivity contribution in [3.8, 4) is 11.3 Å². The Morgan fingerprint density at radius 3 is 2.12 bits per heavy atom. The van der Waals surface area contributed by atoms with Crippen molar-refractivity contribution < 1.29 is 9.59 Å². The molecule has 1 aromatic heterocycles. The van der Waals surface area contributed by atoms with Crippen LogP contribution >= 0.6 is 11.6 Å². The first kappa shape index (κ1) is 21.3. The minimum atomic E-state index is -0.276. The van der Waals surface area contributed by atoms with Crippen LogP contribution in [0.4, 0.5) is 11.4 Å². The maximum atomic E-state index is 13.1. The summed E-state index contributed by atoms with van der Waals surface area (Å²) in [4.78, 5) is 24.3. The molecule has 1 heterocycles. The van der Waals surface area contributed by atoms with Crippen molar-refractivity contribution in [3.05, 3.63) is 101 Å². The second kappa shape index (κ2) is 9.49. The molecule has 0 saturated carbocycles. The minimum Gasteiger partial charge on any atom is -0.326 e. The number of halogens is 1. The molecule has 0 aliphatic carbocycles. The zero-order chi connectivity index (χ0) is 22.5. The third-order valence-corrected chi connectivity index (χ3v) is 5.03.